The van der Waals surface area contributed by atoms with Crippen molar-refractivity contribution in [2.75, 3.05) is 0 Å². The largest absolute Gasteiger partial charge is 0.260 e. The van der Waals surface area contributed by atoms with Crippen LogP contribution in [0, 0.1) is 0 Å². The fourth-order valence-corrected chi connectivity index (χ4v) is 5.43. The van der Waals surface area contributed by atoms with Crippen molar-refractivity contribution < 1.29 is 4.57 Å². The van der Waals surface area contributed by atoms with Gasteiger partial charge in [0, 0.05) is 0 Å². The predicted octanol–water partition coefficient (Wildman–Crippen LogP) is 10.2. The lowest BCUT2D eigenvalue weighted by Crippen LogP contribution is -2.37. The number of aryl methyl sites for hydroxylation is 2. The third kappa shape index (κ3) is 14.2. The average molecular weight is 496 g/mol. The Kier molecular flexibility index (Phi) is 18.3. The first-order valence-electron chi connectivity index (χ1n) is 16.0. The van der Waals surface area contributed by atoms with Gasteiger partial charge in [-0.3, -0.25) is 0 Å². The molecule has 0 fully saturated rings. The van der Waals surface area contributed by atoms with Crippen molar-refractivity contribution in [1.82, 2.24) is 4.57 Å². The fraction of sp³-hybridized carbons (Fsp3) is 0.735. The van der Waals surface area contributed by atoms with Crippen molar-refractivity contribution in [1.29, 1.82) is 0 Å². The highest BCUT2D eigenvalue weighted by atomic mass is 15.1. The van der Waals surface area contributed by atoms with Gasteiger partial charge in [-0.15, -0.1) is 0 Å². The van der Waals surface area contributed by atoms with Gasteiger partial charge in [-0.1, -0.05) is 147 Å². The summed E-state index contributed by atoms with van der Waals surface area (Å²) in [4.78, 5) is 0. The topological polar surface area (TPSA) is 8.81 Å². The molecule has 2 heteroatoms. The number of rotatable bonds is 24. The lowest BCUT2D eigenvalue weighted by atomic mass is 10.0. The van der Waals surface area contributed by atoms with E-state index in [0.717, 1.165) is 13.0 Å². The van der Waals surface area contributed by atoms with Gasteiger partial charge in [0.15, 0.2) is 0 Å². The van der Waals surface area contributed by atoms with Crippen molar-refractivity contribution >= 4 is 0 Å². The molecule has 0 bridgehead atoms. The van der Waals surface area contributed by atoms with E-state index in [1.54, 1.807) is 0 Å². The molecule has 1 heterocycles. The molecule has 0 aliphatic rings. The zero-order valence-electron chi connectivity index (χ0n) is 24.2. The molecule has 0 N–H and O–H groups in total. The Bertz CT molecular complexity index is 733. The van der Waals surface area contributed by atoms with Gasteiger partial charge in [0.25, 0.3) is 5.82 Å². The summed E-state index contributed by atoms with van der Waals surface area (Å²) < 4.78 is 5.04. The molecule has 0 aliphatic carbocycles. The Morgan fingerprint density at radius 2 is 1.03 bits per heavy atom. The summed E-state index contributed by atoms with van der Waals surface area (Å²) in [6, 6.07) is 11.0. The molecule has 1 aromatic heterocycles. The molecule has 36 heavy (non-hydrogen) atoms. The highest BCUT2D eigenvalue weighted by molar-refractivity contribution is 5.18. The van der Waals surface area contributed by atoms with E-state index >= 15 is 0 Å². The summed E-state index contributed by atoms with van der Waals surface area (Å²) in [7, 11) is 0. The van der Waals surface area contributed by atoms with E-state index in [1.807, 2.05) is 0 Å². The number of benzene rings is 1. The molecule has 204 valence electrons. The third-order valence-electron chi connectivity index (χ3n) is 7.80. The van der Waals surface area contributed by atoms with Gasteiger partial charge in [-0.25, -0.2) is 9.13 Å². The molecule has 0 radical (unpaired) electrons. The minimum Gasteiger partial charge on any atom is -0.234 e. The van der Waals surface area contributed by atoms with Crippen LogP contribution in [0.5, 0.6) is 0 Å². The zero-order chi connectivity index (χ0) is 25.5. The molecule has 0 aliphatic heterocycles. The molecule has 0 unspecified atom stereocenters. The maximum Gasteiger partial charge on any atom is 0.260 e. The second-order valence-electron chi connectivity index (χ2n) is 11.1. The van der Waals surface area contributed by atoms with Crippen LogP contribution in [-0.4, -0.2) is 4.57 Å². The first-order chi connectivity index (χ1) is 17.8. The summed E-state index contributed by atoms with van der Waals surface area (Å²) in [6.07, 6.45) is 34.0. The first-order valence-corrected chi connectivity index (χ1v) is 16.0. The number of unbranched alkanes of at least 4 members (excludes halogenated alkanes) is 18. The smallest absolute Gasteiger partial charge is 0.234 e. The standard InChI is InChI=1S/C34H59N2/c1-3-5-7-8-9-10-11-12-13-14-15-16-17-18-19-20-25-29-36-31-30-35(28-24-6-4-2)34(36)32-33-26-22-21-23-27-33/h21-23,26-27,30-31H,3-20,24-25,28-29,32H2,1-2H3/q+1. The molecule has 0 spiro atoms. The zero-order valence-corrected chi connectivity index (χ0v) is 24.2. The molecule has 0 atom stereocenters. The van der Waals surface area contributed by atoms with Crippen LogP contribution in [-0.2, 0) is 19.5 Å². The maximum atomic E-state index is 2.53. The molecule has 2 aromatic rings. The van der Waals surface area contributed by atoms with E-state index in [4.69, 9.17) is 0 Å². The number of hydrogen-bond acceptors (Lipinski definition) is 0. The van der Waals surface area contributed by atoms with Gasteiger partial charge in [-0.2, -0.15) is 0 Å². The molecule has 2 rings (SSSR count). The van der Waals surface area contributed by atoms with E-state index in [0.29, 0.717) is 0 Å². The second-order valence-corrected chi connectivity index (χ2v) is 11.1. The van der Waals surface area contributed by atoms with Crippen LogP contribution in [0.25, 0.3) is 0 Å². The van der Waals surface area contributed by atoms with E-state index in [9.17, 15) is 0 Å². The van der Waals surface area contributed by atoms with Crippen LogP contribution in [0.2, 0.25) is 0 Å². The quantitative estimate of drug-likeness (QED) is 0.101. The van der Waals surface area contributed by atoms with Crippen LogP contribution in [0.1, 0.15) is 154 Å². The van der Waals surface area contributed by atoms with E-state index < -0.39 is 0 Å². The predicted molar refractivity (Wildman–Crippen MR) is 158 cm³/mol. The Labute approximate surface area is 224 Å². The summed E-state index contributed by atoms with van der Waals surface area (Å²) >= 11 is 0. The summed E-state index contributed by atoms with van der Waals surface area (Å²) in [6.45, 7) is 6.92. The lowest BCUT2D eigenvalue weighted by molar-refractivity contribution is -0.703. The second kappa shape index (κ2) is 21.5. The minimum absolute atomic E-state index is 1.04. The Balaban J connectivity index is 1.52. The van der Waals surface area contributed by atoms with Gasteiger partial charge >= 0.3 is 0 Å². The molecular weight excluding hydrogens is 436 g/mol. The minimum atomic E-state index is 1.04. The molecular formula is C34H59N2+. The number of aromatic nitrogens is 2. The maximum absolute atomic E-state index is 2.53. The van der Waals surface area contributed by atoms with E-state index in [-0.39, 0.29) is 0 Å². The Hall–Kier alpha value is -1.57. The first kappa shape index (κ1) is 30.7. The molecule has 2 nitrogen and oxygen atoms in total. The Morgan fingerprint density at radius 3 is 1.56 bits per heavy atom. The van der Waals surface area contributed by atoms with Crippen molar-refractivity contribution in [2.45, 2.75) is 162 Å². The van der Waals surface area contributed by atoms with Crippen molar-refractivity contribution in [3.8, 4) is 0 Å². The van der Waals surface area contributed by atoms with Gasteiger partial charge in [0.1, 0.15) is 12.4 Å². The molecule has 0 amide bonds. The van der Waals surface area contributed by atoms with Crippen LogP contribution in [0.4, 0.5) is 0 Å². The van der Waals surface area contributed by atoms with Crippen molar-refractivity contribution in [3.05, 3.63) is 54.1 Å². The van der Waals surface area contributed by atoms with E-state index in [1.165, 1.54) is 146 Å². The summed E-state index contributed by atoms with van der Waals surface area (Å²) in [5, 5.41) is 0. The van der Waals surface area contributed by atoms with Gasteiger partial charge in [-0.05, 0) is 31.2 Å². The number of hydrogen-bond donors (Lipinski definition) is 0. The van der Waals surface area contributed by atoms with Crippen LogP contribution in [0.3, 0.4) is 0 Å². The van der Waals surface area contributed by atoms with Crippen LogP contribution < -0.4 is 4.57 Å². The molecule has 0 saturated heterocycles. The normalized spacial score (nSPS) is 11.4. The summed E-state index contributed by atoms with van der Waals surface area (Å²) in [5.41, 5.74) is 1.42. The van der Waals surface area contributed by atoms with Crippen molar-refractivity contribution in [3.63, 3.8) is 0 Å². The SMILES string of the molecule is CCCCCCCCCCCCCCCCCCCn1cc[n+](CCCCC)c1Cc1ccccc1. The molecule has 1 aromatic carbocycles. The number of nitrogens with zero attached hydrogens (tertiary/aromatic N) is 2. The van der Waals surface area contributed by atoms with Crippen LogP contribution >= 0.6 is 0 Å². The fourth-order valence-electron chi connectivity index (χ4n) is 5.43. The van der Waals surface area contributed by atoms with E-state index in [2.05, 4.69) is 65.7 Å². The highest BCUT2D eigenvalue weighted by Gasteiger charge is 2.17. The average Bonchev–Trinajstić information content (AvgIpc) is 3.27. The summed E-state index contributed by atoms with van der Waals surface area (Å²) in [5.74, 6) is 1.48. The Morgan fingerprint density at radius 1 is 0.556 bits per heavy atom. The molecule has 0 saturated carbocycles. The highest BCUT2D eigenvalue weighted by Crippen LogP contribution is 2.15. The van der Waals surface area contributed by atoms with Gasteiger partial charge in [0.2, 0.25) is 0 Å². The van der Waals surface area contributed by atoms with Gasteiger partial charge in [0.05, 0.1) is 19.5 Å². The monoisotopic (exact) mass is 495 g/mol. The van der Waals surface area contributed by atoms with Gasteiger partial charge < -0.3 is 0 Å². The lowest BCUT2D eigenvalue weighted by Gasteiger charge is -2.07. The number of imidazole rings is 1. The van der Waals surface area contributed by atoms with Crippen molar-refractivity contribution in [2.24, 2.45) is 0 Å². The van der Waals surface area contributed by atoms with Crippen LogP contribution in [0.15, 0.2) is 42.7 Å². The third-order valence-corrected chi connectivity index (χ3v) is 7.80.